The Morgan fingerprint density at radius 2 is 2.10 bits per heavy atom. The van der Waals surface area contributed by atoms with Crippen LogP contribution in [0.1, 0.15) is 35.6 Å². The molecule has 5 heteroatoms. The van der Waals surface area contributed by atoms with Gasteiger partial charge in [-0.25, -0.2) is 4.98 Å². The Hall–Kier alpha value is -2.69. The number of nitrogens with one attached hydrogen (secondary N) is 2. The number of para-hydroxylation sites is 1. The molecular weight excluding hydrogens is 264 g/mol. The van der Waals surface area contributed by atoms with Gasteiger partial charge in [0.25, 0.3) is 5.91 Å². The van der Waals surface area contributed by atoms with Crippen molar-refractivity contribution in [2.24, 2.45) is 0 Å². The predicted molar refractivity (Wildman–Crippen MR) is 80.8 cm³/mol. The molecule has 2 heterocycles. The highest BCUT2D eigenvalue weighted by Gasteiger charge is 2.17. The molecule has 0 aliphatic rings. The number of hydrogen-bond acceptors (Lipinski definition) is 3. The van der Waals surface area contributed by atoms with Gasteiger partial charge in [0.1, 0.15) is 5.82 Å². The van der Waals surface area contributed by atoms with Crippen LogP contribution in [0.2, 0.25) is 0 Å². The predicted octanol–water partition coefficient (Wildman–Crippen LogP) is 2.84. The quantitative estimate of drug-likeness (QED) is 0.772. The summed E-state index contributed by atoms with van der Waals surface area (Å²) in [6.45, 7) is 2.01. The molecular formula is C16H16N4O. The highest BCUT2D eigenvalue weighted by Crippen LogP contribution is 2.18. The number of carbonyl (C=O) groups is 1. The van der Waals surface area contributed by atoms with E-state index in [1.54, 1.807) is 24.7 Å². The molecule has 0 aliphatic carbocycles. The molecule has 1 amide bonds. The molecule has 1 unspecified atom stereocenters. The first kappa shape index (κ1) is 13.3. The molecule has 0 bridgehead atoms. The van der Waals surface area contributed by atoms with Gasteiger partial charge in [-0.15, -0.1) is 0 Å². The maximum Gasteiger partial charge on any atom is 0.254 e. The monoisotopic (exact) mass is 280 g/mol. The maximum absolute atomic E-state index is 12.5. The summed E-state index contributed by atoms with van der Waals surface area (Å²) < 4.78 is 0. The average molecular weight is 280 g/mol. The molecule has 2 N–H and O–H groups in total. The van der Waals surface area contributed by atoms with Gasteiger partial charge < -0.3 is 10.3 Å². The summed E-state index contributed by atoms with van der Waals surface area (Å²) in [5.41, 5.74) is 1.30. The van der Waals surface area contributed by atoms with Gasteiger partial charge in [0.15, 0.2) is 0 Å². The van der Waals surface area contributed by atoms with E-state index in [-0.39, 0.29) is 11.9 Å². The van der Waals surface area contributed by atoms with Crippen molar-refractivity contribution >= 4 is 16.8 Å². The van der Waals surface area contributed by atoms with E-state index in [1.807, 2.05) is 31.2 Å². The Balaban J connectivity index is 1.90. The van der Waals surface area contributed by atoms with E-state index in [2.05, 4.69) is 20.3 Å². The first-order chi connectivity index (χ1) is 10.3. The first-order valence-corrected chi connectivity index (χ1v) is 6.93. The molecule has 1 atom stereocenters. The van der Waals surface area contributed by atoms with Crippen molar-refractivity contribution in [3.05, 3.63) is 60.3 Å². The standard InChI is InChI=1S/C16H16N4O/c1-2-13(15-18-9-10-19-15)20-16(21)12-7-3-5-11-6-4-8-17-14(11)12/h3-10,13H,2H2,1H3,(H,18,19)(H,20,21). The molecule has 5 nitrogen and oxygen atoms in total. The van der Waals surface area contributed by atoms with Crippen molar-refractivity contribution in [2.75, 3.05) is 0 Å². The van der Waals surface area contributed by atoms with Gasteiger partial charge in [-0.05, 0) is 18.6 Å². The molecule has 0 saturated heterocycles. The van der Waals surface area contributed by atoms with Crippen LogP contribution in [-0.4, -0.2) is 20.9 Å². The van der Waals surface area contributed by atoms with E-state index in [0.29, 0.717) is 11.1 Å². The molecule has 2 aromatic heterocycles. The third kappa shape index (κ3) is 2.63. The van der Waals surface area contributed by atoms with Gasteiger partial charge in [-0.3, -0.25) is 9.78 Å². The van der Waals surface area contributed by atoms with Crippen LogP contribution in [-0.2, 0) is 0 Å². The number of rotatable bonds is 4. The highest BCUT2D eigenvalue weighted by atomic mass is 16.1. The van der Waals surface area contributed by atoms with Crippen LogP contribution in [0.15, 0.2) is 48.9 Å². The van der Waals surface area contributed by atoms with Crippen LogP contribution in [0.25, 0.3) is 10.9 Å². The largest absolute Gasteiger partial charge is 0.347 e. The number of benzene rings is 1. The molecule has 0 radical (unpaired) electrons. The molecule has 3 rings (SSSR count). The fourth-order valence-corrected chi connectivity index (χ4v) is 2.36. The number of aromatic nitrogens is 3. The first-order valence-electron chi connectivity index (χ1n) is 6.93. The molecule has 0 spiro atoms. The number of nitrogens with zero attached hydrogens (tertiary/aromatic N) is 2. The minimum absolute atomic E-state index is 0.133. The Labute approximate surface area is 122 Å². The summed E-state index contributed by atoms with van der Waals surface area (Å²) >= 11 is 0. The lowest BCUT2D eigenvalue weighted by molar-refractivity contribution is 0.0935. The van der Waals surface area contributed by atoms with Crippen LogP contribution in [0.5, 0.6) is 0 Å². The fourth-order valence-electron chi connectivity index (χ4n) is 2.36. The zero-order valence-electron chi connectivity index (χ0n) is 11.7. The normalized spacial score (nSPS) is 12.2. The van der Waals surface area contributed by atoms with E-state index in [4.69, 9.17) is 0 Å². The number of aromatic amines is 1. The minimum Gasteiger partial charge on any atom is -0.347 e. The molecule has 106 valence electrons. The van der Waals surface area contributed by atoms with Gasteiger partial charge in [0.05, 0.1) is 17.1 Å². The molecule has 0 fully saturated rings. The van der Waals surface area contributed by atoms with Gasteiger partial charge in [0, 0.05) is 24.0 Å². The van der Waals surface area contributed by atoms with E-state index < -0.39 is 0 Å². The topological polar surface area (TPSA) is 70.7 Å². The highest BCUT2D eigenvalue weighted by molar-refractivity contribution is 6.05. The lowest BCUT2D eigenvalue weighted by Gasteiger charge is -2.15. The van der Waals surface area contributed by atoms with Crippen molar-refractivity contribution in [1.29, 1.82) is 0 Å². The smallest absolute Gasteiger partial charge is 0.254 e. The minimum atomic E-state index is -0.137. The summed E-state index contributed by atoms with van der Waals surface area (Å²) in [5, 5.41) is 3.96. The molecule has 3 aromatic rings. The maximum atomic E-state index is 12.5. The zero-order chi connectivity index (χ0) is 14.7. The lowest BCUT2D eigenvalue weighted by Crippen LogP contribution is -2.29. The second kappa shape index (κ2) is 5.75. The average Bonchev–Trinajstić information content (AvgIpc) is 3.06. The molecule has 21 heavy (non-hydrogen) atoms. The third-order valence-electron chi connectivity index (χ3n) is 3.44. The van der Waals surface area contributed by atoms with Crippen molar-refractivity contribution < 1.29 is 4.79 Å². The second-order valence-corrected chi connectivity index (χ2v) is 4.79. The number of carbonyl (C=O) groups excluding carboxylic acids is 1. The number of amides is 1. The van der Waals surface area contributed by atoms with E-state index >= 15 is 0 Å². The Kier molecular flexibility index (Phi) is 3.64. The van der Waals surface area contributed by atoms with Gasteiger partial charge >= 0.3 is 0 Å². The van der Waals surface area contributed by atoms with Gasteiger partial charge in [0.2, 0.25) is 0 Å². The number of H-pyrrole nitrogens is 1. The molecule has 1 aromatic carbocycles. The summed E-state index contributed by atoms with van der Waals surface area (Å²) in [7, 11) is 0. The third-order valence-corrected chi connectivity index (χ3v) is 3.44. The van der Waals surface area contributed by atoms with Gasteiger partial charge in [-0.1, -0.05) is 25.1 Å². The number of pyridine rings is 1. The molecule has 0 aliphatic heterocycles. The Morgan fingerprint density at radius 1 is 1.24 bits per heavy atom. The van der Waals surface area contributed by atoms with E-state index in [0.717, 1.165) is 17.6 Å². The Morgan fingerprint density at radius 3 is 2.86 bits per heavy atom. The van der Waals surface area contributed by atoms with E-state index in [1.165, 1.54) is 0 Å². The number of fused-ring (bicyclic) bond motifs is 1. The van der Waals surface area contributed by atoms with Crippen LogP contribution in [0.3, 0.4) is 0 Å². The van der Waals surface area contributed by atoms with Crippen LogP contribution in [0, 0.1) is 0 Å². The summed E-state index contributed by atoms with van der Waals surface area (Å²) in [6, 6.07) is 9.28. The van der Waals surface area contributed by atoms with Crippen molar-refractivity contribution in [1.82, 2.24) is 20.3 Å². The summed E-state index contributed by atoms with van der Waals surface area (Å²) in [6.07, 6.45) is 5.90. The van der Waals surface area contributed by atoms with Crippen molar-refractivity contribution in [2.45, 2.75) is 19.4 Å². The van der Waals surface area contributed by atoms with Crippen LogP contribution in [0.4, 0.5) is 0 Å². The molecule has 0 saturated carbocycles. The second-order valence-electron chi connectivity index (χ2n) is 4.79. The lowest BCUT2D eigenvalue weighted by atomic mass is 10.1. The van der Waals surface area contributed by atoms with Crippen LogP contribution >= 0.6 is 0 Å². The summed E-state index contributed by atoms with van der Waals surface area (Å²) in [5.74, 6) is 0.626. The van der Waals surface area contributed by atoms with E-state index in [9.17, 15) is 4.79 Å². The van der Waals surface area contributed by atoms with Crippen molar-refractivity contribution in [3.8, 4) is 0 Å². The number of hydrogen-bond donors (Lipinski definition) is 2. The van der Waals surface area contributed by atoms with Gasteiger partial charge in [-0.2, -0.15) is 0 Å². The SMILES string of the molecule is CCC(NC(=O)c1cccc2cccnc12)c1ncc[nH]1. The summed E-state index contributed by atoms with van der Waals surface area (Å²) in [4.78, 5) is 24.1. The fraction of sp³-hybridized carbons (Fsp3) is 0.188. The Bertz CT molecular complexity index is 747. The van der Waals surface area contributed by atoms with Crippen LogP contribution < -0.4 is 5.32 Å². The number of imidazole rings is 1. The van der Waals surface area contributed by atoms with Crippen molar-refractivity contribution in [3.63, 3.8) is 0 Å². The zero-order valence-corrected chi connectivity index (χ0v) is 11.7.